The third-order valence-corrected chi connectivity index (χ3v) is 6.31. The molecule has 0 saturated carbocycles. The van der Waals surface area contributed by atoms with Crippen LogP contribution in [0.25, 0.3) is 10.8 Å². The van der Waals surface area contributed by atoms with E-state index in [2.05, 4.69) is 48.0 Å². The second-order valence-electron chi connectivity index (χ2n) is 7.71. The van der Waals surface area contributed by atoms with E-state index in [1.165, 1.54) is 5.56 Å². The fourth-order valence-electron chi connectivity index (χ4n) is 4.19. The zero-order chi connectivity index (χ0) is 22.0. The second kappa shape index (κ2) is 9.47. The van der Waals surface area contributed by atoms with Gasteiger partial charge in [0.05, 0.1) is 29.2 Å². The minimum absolute atomic E-state index is 0.0816. The van der Waals surface area contributed by atoms with E-state index in [1.54, 1.807) is 14.2 Å². The van der Waals surface area contributed by atoms with Crippen LogP contribution in [0.2, 0.25) is 0 Å². The molecule has 0 saturated heterocycles. The van der Waals surface area contributed by atoms with Gasteiger partial charge < -0.3 is 23.7 Å². The third kappa shape index (κ3) is 4.38. The van der Waals surface area contributed by atoms with Crippen LogP contribution < -0.4 is 14.2 Å². The Hall–Kier alpha value is -2.28. The molecule has 0 bridgehead atoms. The molecule has 1 aliphatic heterocycles. The molecule has 0 unspecified atom stereocenters. The van der Waals surface area contributed by atoms with Gasteiger partial charge in [0.25, 0.3) is 0 Å². The Kier molecular flexibility index (Phi) is 6.70. The lowest BCUT2D eigenvalue weighted by Crippen LogP contribution is -2.23. The minimum atomic E-state index is -0.0816. The van der Waals surface area contributed by atoms with Crippen LogP contribution in [0.5, 0.6) is 17.2 Å². The van der Waals surface area contributed by atoms with Crippen LogP contribution in [-0.4, -0.2) is 27.1 Å². The van der Waals surface area contributed by atoms with E-state index in [-0.39, 0.29) is 19.0 Å². The summed E-state index contributed by atoms with van der Waals surface area (Å²) < 4.78 is 30.1. The number of rotatable bonds is 7. The van der Waals surface area contributed by atoms with Crippen LogP contribution in [0.3, 0.4) is 0 Å². The first-order valence-corrected chi connectivity index (χ1v) is 11.1. The summed E-state index contributed by atoms with van der Waals surface area (Å²) >= 11 is 3.74. The normalized spacial score (nSPS) is 18.0. The fourth-order valence-corrected chi connectivity index (χ4v) is 4.73. The summed E-state index contributed by atoms with van der Waals surface area (Å²) in [4.78, 5) is 0. The van der Waals surface area contributed by atoms with Crippen molar-refractivity contribution in [2.75, 3.05) is 21.0 Å². The molecular formula is C25H27BrO5. The number of hydrogen-bond donors (Lipinski definition) is 0. The van der Waals surface area contributed by atoms with Crippen molar-refractivity contribution in [1.29, 1.82) is 0 Å². The average molecular weight is 487 g/mol. The Bertz CT molecular complexity index is 1070. The number of benzene rings is 3. The highest BCUT2D eigenvalue weighted by Gasteiger charge is 2.30. The van der Waals surface area contributed by atoms with Crippen molar-refractivity contribution < 1.29 is 23.7 Å². The van der Waals surface area contributed by atoms with Crippen molar-refractivity contribution in [1.82, 2.24) is 0 Å². The van der Waals surface area contributed by atoms with Crippen LogP contribution in [0.15, 0.2) is 46.9 Å². The predicted molar refractivity (Wildman–Crippen MR) is 124 cm³/mol. The van der Waals surface area contributed by atoms with Gasteiger partial charge in [0.15, 0.2) is 6.79 Å². The van der Waals surface area contributed by atoms with Crippen molar-refractivity contribution >= 4 is 26.7 Å². The molecule has 4 rings (SSSR count). The van der Waals surface area contributed by atoms with E-state index in [1.807, 2.05) is 24.3 Å². The molecule has 0 N–H and O–H groups in total. The summed E-state index contributed by atoms with van der Waals surface area (Å²) in [5.74, 6) is 2.14. The lowest BCUT2D eigenvalue weighted by atomic mass is 9.90. The highest BCUT2D eigenvalue weighted by Crippen LogP contribution is 2.49. The Morgan fingerprint density at radius 3 is 2.52 bits per heavy atom. The lowest BCUT2D eigenvalue weighted by molar-refractivity contribution is -0.00628. The molecule has 0 radical (unpaired) electrons. The van der Waals surface area contributed by atoms with Gasteiger partial charge in [-0.25, -0.2) is 0 Å². The van der Waals surface area contributed by atoms with Gasteiger partial charge >= 0.3 is 0 Å². The van der Waals surface area contributed by atoms with Gasteiger partial charge in [-0.3, -0.25) is 0 Å². The maximum Gasteiger partial charge on any atom is 0.188 e. The molecule has 6 heteroatoms. The summed E-state index contributed by atoms with van der Waals surface area (Å²) in [6, 6.07) is 14.2. The Morgan fingerprint density at radius 1 is 1.03 bits per heavy atom. The maximum atomic E-state index is 6.48. The standard InChI is InChI=1S/C25H27BrO5/c1-15-10-18-11-19-23(20(28-4)12-21(24(19)26)30-14-27-3)25(22(18)16(2)31-15)29-13-17-8-6-5-7-9-17/h5-9,11-12,15-16H,10,13-14H2,1-4H3/t15-,16-/m1/s1. The third-order valence-electron chi connectivity index (χ3n) is 5.50. The zero-order valence-electron chi connectivity index (χ0n) is 18.2. The smallest absolute Gasteiger partial charge is 0.188 e. The van der Waals surface area contributed by atoms with E-state index < -0.39 is 0 Å². The van der Waals surface area contributed by atoms with Crippen LogP contribution in [0.1, 0.15) is 36.6 Å². The molecule has 3 aromatic rings. The van der Waals surface area contributed by atoms with Crippen LogP contribution in [0.4, 0.5) is 0 Å². The van der Waals surface area contributed by atoms with E-state index in [0.717, 1.165) is 38.5 Å². The molecule has 31 heavy (non-hydrogen) atoms. The molecule has 0 spiro atoms. The second-order valence-corrected chi connectivity index (χ2v) is 8.50. The Balaban J connectivity index is 1.92. The molecule has 0 amide bonds. The van der Waals surface area contributed by atoms with Crippen molar-refractivity contribution in [2.45, 2.75) is 39.1 Å². The van der Waals surface area contributed by atoms with Crippen LogP contribution >= 0.6 is 15.9 Å². The first kappa shape index (κ1) is 21.9. The number of halogens is 1. The van der Waals surface area contributed by atoms with Gasteiger partial charge in [0.2, 0.25) is 0 Å². The van der Waals surface area contributed by atoms with Gasteiger partial charge in [-0.15, -0.1) is 0 Å². The van der Waals surface area contributed by atoms with E-state index in [0.29, 0.717) is 18.1 Å². The SMILES string of the molecule is COCOc1cc(OC)c2c(OCc3ccccc3)c3c(cc2c1Br)C[C@@H](C)O[C@@H]3C. The summed E-state index contributed by atoms with van der Waals surface area (Å²) in [6.45, 7) is 4.78. The number of hydrogen-bond acceptors (Lipinski definition) is 5. The molecule has 164 valence electrons. The highest BCUT2D eigenvalue weighted by molar-refractivity contribution is 9.10. The predicted octanol–water partition coefficient (Wildman–Crippen LogP) is 6.19. The van der Waals surface area contributed by atoms with Crippen molar-refractivity contribution in [3.63, 3.8) is 0 Å². The number of ether oxygens (including phenoxy) is 5. The molecule has 5 nitrogen and oxygen atoms in total. The Labute approximate surface area is 191 Å². The topological polar surface area (TPSA) is 46.2 Å². The Morgan fingerprint density at radius 2 is 1.81 bits per heavy atom. The average Bonchev–Trinajstić information content (AvgIpc) is 2.77. The lowest BCUT2D eigenvalue weighted by Gasteiger charge is -2.31. The quantitative estimate of drug-likeness (QED) is 0.372. The minimum Gasteiger partial charge on any atom is -0.496 e. The summed E-state index contributed by atoms with van der Waals surface area (Å²) in [5.41, 5.74) is 3.40. The van der Waals surface area contributed by atoms with Crippen molar-refractivity contribution in [2.24, 2.45) is 0 Å². The largest absolute Gasteiger partial charge is 0.496 e. The maximum absolute atomic E-state index is 6.48. The summed E-state index contributed by atoms with van der Waals surface area (Å²) in [7, 11) is 3.26. The summed E-state index contributed by atoms with van der Waals surface area (Å²) in [6.07, 6.45) is 0.868. The fraction of sp³-hybridized carbons (Fsp3) is 0.360. The van der Waals surface area contributed by atoms with Crippen LogP contribution in [-0.2, 0) is 22.5 Å². The first-order chi connectivity index (χ1) is 15.0. The van der Waals surface area contributed by atoms with Gasteiger partial charge in [-0.1, -0.05) is 30.3 Å². The monoisotopic (exact) mass is 486 g/mol. The first-order valence-electron chi connectivity index (χ1n) is 10.3. The zero-order valence-corrected chi connectivity index (χ0v) is 19.8. The summed E-state index contributed by atoms with van der Waals surface area (Å²) in [5, 5.41) is 1.88. The van der Waals surface area contributed by atoms with Gasteiger partial charge in [-0.05, 0) is 53.4 Å². The number of fused-ring (bicyclic) bond motifs is 2. The molecule has 0 aliphatic carbocycles. The molecule has 1 heterocycles. The molecule has 0 fully saturated rings. The van der Waals surface area contributed by atoms with E-state index >= 15 is 0 Å². The van der Waals surface area contributed by atoms with Gasteiger partial charge in [0, 0.05) is 24.1 Å². The van der Waals surface area contributed by atoms with Crippen LogP contribution in [0, 0.1) is 0 Å². The highest BCUT2D eigenvalue weighted by atomic mass is 79.9. The molecule has 0 aromatic heterocycles. The molecule has 1 aliphatic rings. The van der Waals surface area contributed by atoms with Gasteiger partial charge in [0.1, 0.15) is 23.9 Å². The van der Waals surface area contributed by atoms with Crippen molar-refractivity contribution in [3.8, 4) is 17.2 Å². The van der Waals surface area contributed by atoms with Gasteiger partial charge in [-0.2, -0.15) is 0 Å². The number of methoxy groups -OCH3 is 2. The van der Waals surface area contributed by atoms with E-state index in [9.17, 15) is 0 Å². The molecule has 3 aromatic carbocycles. The van der Waals surface area contributed by atoms with E-state index in [4.69, 9.17) is 23.7 Å². The molecular weight excluding hydrogens is 460 g/mol. The van der Waals surface area contributed by atoms with Crippen molar-refractivity contribution in [3.05, 3.63) is 63.6 Å². The molecule has 2 atom stereocenters.